The molecule has 0 bridgehead atoms. The van der Waals surface area contributed by atoms with Crippen molar-refractivity contribution < 1.29 is 14.3 Å². The lowest BCUT2D eigenvalue weighted by Crippen LogP contribution is -2.23. The number of benzene rings is 1. The molecule has 0 atom stereocenters. The molecule has 0 fully saturated rings. The van der Waals surface area contributed by atoms with Crippen molar-refractivity contribution in [2.24, 2.45) is 0 Å². The Hall–Kier alpha value is -2.16. The largest absolute Gasteiger partial charge is 0.384 e. The monoisotopic (exact) mass is 289 g/mol. The lowest BCUT2D eigenvalue weighted by molar-refractivity contribution is 0.0954. The summed E-state index contributed by atoms with van der Waals surface area (Å²) in [6.45, 7) is -0.137. The lowest BCUT2D eigenvalue weighted by Gasteiger charge is -2.05. The summed E-state index contributed by atoms with van der Waals surface area (Å²) in [6, 6.07) is 8.00. The Balaban J connectivity index is 2.06. The van der Waals surface area contributed by atoms with E-state index in [1.54, 1.807) is 29.6 Å². The molecule has 0 unspecified atom stereocenters. The fraction of sp³-hybridized carbons (Fsp3) is 0.133. The second-order valence-electron chi connectivity index (χ2n) is 3.90. The van der Waals surface area contributed by atoms with Crippen molar-refractivity contribution in [3.8, 4) is 11.8 Å². The summed E-state index contributed by atoms with van der Waals surface area (Å²) in [5.41, 5.74) is 0.996. The molecule has 3 nitrogen and oxygen atoms in total. The molecule has 2 rings (SSSR count). The topological polar surface area (TPSA) is 49.3 Å². The molecular formula is C15H12FNO2S. The molecule has 2 aromatic rings. The first-order valence-electron chi connectivity index (χ1n) is 5.91. The van der Waals surface area contributed by atoms with Crippen molar-refractivity contribution in [2.75, 3.05) is 6.61 Å². The van der Waals surface area contributed by atoms with E-state index in [4.69, 9.17) is 5.11 Å². The van der Waals surface area contributed by atoms with E-state index in [1.165, 1.54) is 17.4 Å². The van der Waals surface area contributed by atoms with Gasteiger partial charge < -0.3 is 10.4 Å². The van der Waals surface area contributed by atoms with Crippen LogP contribution in [0, 0.1) is 17.7 Å². The summed E-state index contributed by atoms with van der Waals surface area (Å²) < 4.78 is 13.4. The average Bonchev–Trinajstić information content (AvgIpc) is 2.92. The van der Waals surface area contributed by atoms with E-state index in [0.29, 0.717) is 16.0 Å². The lowest BCUT2D eigenvalue weighted by atomic mass is 10.2. The zero-order chi connectivity index (χ0) is 14.4. The number of carbonyl (C=O) groups is 1. The van der Waals surface area contributed by atoms with E-state index in [9.17, 15) is 9.18 Å². The number of hydrogen-bond donors (Lipinski definition) is 2. The molecule has 5 heteroatoms. The number of thiophene rings is 1. The number of amides is 1. The maximum absolute atomic E-state index is 13.4. The number of aliphatic hydroxyl groups excluding tert-OH is 1. The van der Waals surface area contributed by atoms with E-state index in [2.05, 4.69) is 17.2 Å². The molecule has 0 saturated carbocycles. The Kier molecular flexibility index (Phi) is 4.88. The summed E-state index contributed by atoms with van der Waals surface area (Å²) >= 11 is 1.26. The molecule has 0 aliphatic rings. The van der Waals surface area contributed by atoms with E-state index in [1.807, 2.05) is 0 Å². The molecule has 1 aromatic heterocycles. The highest BCUT2D eigenvalue weighted by Gasteiger charge is 2.12. The van der Waals surface area contributed by atoms with Gasteiger partial charge in [0.05, 0.1) is 0 Å². The van der Waals surface area contributed by atoms with Crippen LogP contribution in [0.2, 0.25) is 0 Å². The third-order valence-corrected chi connectivity index (χ3v) is 3.48. The van der Waals surface area contributed by atoms with Crippen molar-refractivity contribution in [2.45, 2.75) is 6.54 Å². The molecule has 0 saturated heterocycles. The molecule has 0 radical (unpaired) electrons. The van der Waals surface area contributed by atoms with Crippen LogP contribution in [0.3, 0.4) is 0 Å². The quantitative estimate of drug-likeness (QED) is 0.851. The van der Waals surface area contributed by atoms with Gasteiger partial charge >= 0.3 is 0 Å². The summed E-state index contributed by atoms with van der Waals surface area (Å²) in [6.07, 6.45) is 0. The zero-order valence-corrected chi connectivity index (χ0v) is 11.3. The predicted octanol–water partition coefficient (Wildman–Crippen LogP) is 2.16. The van der Waals surface area contributed by atoms with Crippen molar-refractivity contribution in [3.05, 3.63) is 57.5 Å². The van der Waals surface area contributed by atoms with Crippen molar-refractivity contribution >= 4 is 17.2 Å². The van der Waals surface area contributed by atoms with Gasteiger partial charge in [0.25, 0.3) is 5.91 Å². The van der Waals surface area contributed by atoms with Crippen molar-refractivity contribution in [1.29, 1.82) is 0 Å². The van der Waals surface area contributed by atoms with Crippen LogP contribution >= 0.6 is 11.3 Å². The van der Waals surface area contributed by atoms with Crippen LogP contribution in [-0.2, 0) is 6.54 Å². The van der Waals surface area contributed by atoms with Gasteiger partial charge in [-0.2, -0.15) is 0 Å². The first kappa shape index (κ1) is 14.3. The third kappa shape index (κ3) is 3.44. The van der Waals surface area contributed by atoms with Crippen molar-refractivity contribution in [3.63, 3.8) is 0 Å². The predicted molar refractivity (Wildman–Crippen MR) is 75.9 cm³/mol. The van der Waals surface area contributed by atoms with Gasteiger partial charge in [0, 0.05) is 17.7 Å². The minimum absolute atomic E-state index is 0.121. The summed E-state index contributed by atoms with van der Waals surface area (Å²) in [7, 11) is 0. The highest BCUT2D eigenvalue weighted by Crippen LogP contribution is 2.16. The van der Waals surface area contributed by atoms with Gasteiger partial charge in [-0.25, -0.2) is 4.39 Å². The number of nitrogens with one attached hydrogen (secondary N) is 1. The molecule has 1 aromatic carbocycles. The van der Waals surface area contributed by atoms with Crippen LogP contribution in [0.5, 0.6) is 0 Å². The van der Waals surface area contributed by atoms with Gasteiger partial charge in [-0.15, -0.1) is 11.3 Å². The fourth-order valence-electron chi connectivity index (χ4n) is 1.62. The number of hydrogen-bond acceptors (Lipinski definition) is 3. The summed E-state index contributed by atoms with van der Waals surface area (Å²) in [5.74, 6) is 4.56. The Morgan fingerprint density at radius 1 is 1.35 bits per heavy atom. The molecule has 0 spiro atoms. The van der Waals surface area contributed by atoms with Crippen LogP contribution in [0.4, 0.5) is 4.39 Å². The first-order valence-corrected chi connectivity index (χ1v) is 6.79. The standard InChI is InChI=1S/C15H12FNO2S/c16-13-6-2-1-4-12(13)10-17-15(19)14-11(5-3-8-18)7-9-20-14/h1-2,4,6-7,9,18H,8,10H2,(H,17,19). The van der Waals surface area contributed by atoms with E-state index < -0.39 is 0 Å². The zero-order valence-electron chi connectivity index (χ0n) is 10.5. The fourth-order valence-corrected chi connectivity index (χ4v) is 2.38. The van der Waals surface area contributed by atoms with E-state index in [0.717, 1.165) is 0 Å². The molecule has 0 aliphatic carbocycles. The molecule has 2 N–H and O–H groups in total. The van der Waals surface area contributed by atoms with Crippen LogP contribution in [0.15, 0.2) is 35.7 Å². The molecular weight excluding hydrogens is 277 g/mol. The van der Waals surface area contributed by atoms with Crippen molar-refractivity contribution in [1.82, 2.24) is 5.32 Å². The Morgan fingerprint density at radius 3 is 2.90 bits per heavy atom. The number of carbonyl (C=O) groups excluding carboxylic acids is 1. The highest BCUT2D eigenvalue weighted by atomic mass is 32.1. The van der Waals surface area contributed by atoms with Crippen LogP contribution < -0.4 is 5.32 Å². The number of halogens is 1. The SMILES string of the molecule is O=C(NCc1ccccc1F)c1sccc1C#CCO. The Morgan fingerprint density at radius 2 is 2.15 bits per heavy atom. The molecule has 20 heavy (non-hydrogen) atoms. The first-order chi connectivity index (χ1) is 9.72. The van der Waals surface area contributed by atoms with Gasteiger partial charge in [-0.3, -0.25) is 4.79 Å². The normalized spacial score (nSPS) is 9.70. The minimum Gasteiger partial charge on any atom is -0.384 e. The molecule has 1 heterocycles. The van der Waals surface area contributed by atoms with Crippen LogP contribution in [0.1, 0.15) is 20.8 Å². The maximum Gasteiger partial charge on any atom is 0.262 e. The van der Waals surface area contributed by atoms with Gasteiger partial charge in [-0.1, -0.05) is 30.0 Å². The number of aliphatic hydroxyl groups is 1. The second kappa shape index (κ2) is 6.85. The average molecular weight is 289 g/mol. The maximum atomic E-state index is 13.4. The van der Waals surface area contributed by atoms with Crippen LogP contribution in [0.25, 0.3) is 0 Å². The molecule has 1 amide bonds. The van der Waals surface area contributed by atoms with Gasteiger partial charge in [0.15, 0.2) is 0 Å². The minimum atomic E-state index is -0.348. The van der Waals surface area contributed by atoms with E-state index >= 15 is 0 Å². The molecule has 102 valence electrons. The van der Waals surface area contributed by atoms with Gasteiger partial charge in [0.1, 0.15) is 17.3 Å². The van der Waals surface area contributed by atoms with E-state index in [-0.39, 0.29) is 24.9 Å². The smallest absolute Gasteiger partial charge is 0.262 e. The summed E-state index contributed by atoms with van der Waals surface area (Å²) in [4.78, 5) is 12.5. The van der Waals surface area contributed by atoms with Crippen LogP contribution in [-0.4, -0.2) is 17.6 Å². The third-order valence-electron chi connectivity index (χ3n) is 2.57. The summed E-state index contributed by atoms with van der Waals surface area (Å²) in [5, 5.41) is 13.1. The Bertz CT molecular complexity index is 670. The number of rotatable bonds is 3. The highest BCUT2D eigenvalue weighted by molar-refractivity contribution is 7.12. The van der Waals surface area contributed by atoms with Gasteiger partial charge in [0.2, 0.25) is 0 Å². The van der Waals surface area contributed by atoms with Gasteiger partial charge in [-0.05, 0) is 17.5 Å². The second-order valence-corrected chi connectivity index (χ2v) is 4.81. The molecule has 0 aliphatic heterocycles. The Labute approximate surface area is 120 Å².